The van der Waals surface area contributed by atoms with Gasteiger partial charge in [-0.05, 0) is 38.5 Å². The minimum atomic E-state index is -0.378. The average molecular weight is 258 g/mol. The number of hydrogen-bond acceptors (Lipinski definition) is 4. The van der Waals surface area contributed by atoms with Crippen molar-refractivity contribution < 1.29 is 4.79 Å². The van der Waals surface area contributed by atoms with Crippen LogP contribution in [0.25, 0.3) is 0 Å². The summed E-state index contributed by atoms with van der Waals surface area (Å²) in [5, 5.41) is 14.6. The molecule has 0 aromatic carbocycles. The van der Waals surface area contributed by atoms with Gasteiger partial charge >= 0.3 is 0 Å². The lowest BCUT2D eigenvalue weighted by Gasteiger charge is -2.20. The zero-order valence-electron chi connectivity index (χ0n) is 11.4. The minimum absolute atomic E-state index is 0.0592. The Balaban J connectivity index is 2.58. The fourth-order valence-corrected chi connectivity index (χ4v) is 1.33. The van der Waals surface area contributed by atoms with E-state index in [1.54, 1.807) is 12.4 Å². The van der Waals surface area contributed by atoms with Gasteiger partial charge in [-0.25, -0.2) is 0 Å². The van der Waals surface area contributed by atoms with Gasteiger partial charge in [0.2, 0.25) is 0 Å². The van der Waals surface area contributed by atoms with Crippen LogP contribution in [0, 0.1) is 11.3 Å². The Kier molecular flexibility index (Phi) is 5.07. The first-order valence-corrected chi connectivity index (χ1v) is 5.97. The topological polar surface area (TPSA) is 77.8 Å². The third-order valence-corrected chi connectivity index (χ3v) is 2.16. The molecule has 0 spiro atoms. The summed E-state index contributed by atoms with van der Waals surface area (Å²) in [5.74, 6) is -0.378. The lowest BCUT2D eigenvalue weighted by Crippen LogP contribution is -2.41. The number of nitriles is 1. The first-order chi connectivity index (χ1) is 8.92. The number of hydrogen-bond donors (Lipinski definition) is 2. The smallest absolute Gasteiger partial charge is 0.263 e. The summed E-state index contributed by atoms with van der Waals surface area (Å²) in [7, 11) is 0. The molecule has 0 aliphatic heterocycles. The standard InChI is InChI=1S/C14H18N4O/c1-14(2,3)18-13(19)12(8-15)10-17-9-11-4-6-16-7-5-11/h4-7,10,17H,9H2,1-3H3,(H,18,19)/b12-10-. The van der Waals surface area contributed by atoms with Crippen molar-refractivity contribution >= 4 is 5.91 Å². The monoisotopic (exact) mass is 258 g/mol. The largest absolute Gasteiger partial charge is 0.386 e. The highest BCUT2D eigenvalue weighted by Crippen LogP contribution is 2.02. The molecule has 0 bridgehead atoms. The lowest BCUT2D eigenvalue weighted by atomic mass is 10.1. The normalized spacial score (nSPS) is 11.6. The van der Waals surface area contributed by atoms with Gasteiger partial charge in [0.25, 0.3) is 5.91 Å². The van der Waals surface area contributed by atoms with E-state index in [0.29, 0.717) is 6.54 Å². The van der Waals surface area contributed by atoms with E-state index < -0.39 is 0 Å². The second-order valence-electron chi connectivity index (χ2n) is 5.11. The highest BCUT2D eigenvalue weighted by molar-refractivity contribution is 5.97. The van der Waals surface area contributed by atoms with Crippen molar-refractivity contribution in [3.05, 3.63) is 41.9 Å². The van der Waals surface area contributed by atoms with E-state index in [2.05, 4.69) is 15.6 Å². The first kappa shape index (κ1) is 14.7. The summed E-state index contributed by atoms with van der Waals surface area (Å²) in [6.45, 7) is 6.13. The van der Waals surface area contributed by atoms with E-state index in [-0.39, 0.29) is 17.0 Å². The molecule has 0 aliphatic rings. The molecule has 0 unspecified atom stereocenters. The number of carbonyl (C=O) groups is 1. The molecule has 5 nitrogen and oxygen atoms in total. The van der Waals surface area contributed by atoms with E-state index in [9.17, 15) is 4.79 Å². The van der Waals surface area contributed by atoms with Crippen LogP contribution >= 0.6 is 0 Å². The Morgan fingerprint density at radius 1 is 1.42 bits per heavy atom. The van der Waals surface area contributed by atoms with Gasteiger partial charge < -0.3 is 10.6 Å². The van der Waals surface area contributed by atoms with E-state index in [1.807, 2.05) is 39.0 Å². The molecule has 1 heterocycles. The predicted octanol–water partition coefficient (Wildman–Crippen LogP) is 1.49. The summed E-state index contributed by atoms with van der Waals surface area (Å²) in [4.78, 5) is 15.7. The zero-order chi connectivity index (χ0) is 14.3. The van der Waals surface area contributed by atoms with Gasteiger partial charge in [0, 0.05) is 30.7 Å². The number of nitrogens with one attached hydrogen (secondary N) is 2. The van der Waals surface area contributed by atoms with E-state index in [4.69, 9.17) is 5.26 Å². The van der Waals surface area contributed by atoms with Crippen molar-refractivity contribution in [2.45, 2.75) is 32.9 Å². The van der Waals surface area contributed by atoms with Crippen molar-refractivity contribution in [3.63, 3.8) is 0 Å². The van der Waals surface area contributed by atoms with Gasteiger partial charge in [-0.2, -0.15) is 5.26 Å². The molecule has 0 fully saturated rings. The Morgan fingerprint density at radius 3 is 2.58 bits per heavy atom. The van der Waals surface area contributed by atoms with Crippen LogP contribution in [-0.2, 0) is 11.3 Å². The van der Waals surface area contributed by atoms with Crippen LogP contribution in [0.2, 0.25) is 0 Å². The van der Waals surface area contributed by atoms with Crippen LogP contribution in [0.3, 0.4) is 0 Å². The first-order valence-electron chi connectivity index (χ1n) is 5.97. The molecular weight excluding hydrogens is 240 g/mol. The Bertz CT molecular complexity index is 494. The van der Waals surface area contributed by atoms with Gasteiger partial charge in [-0.1, -0.05) is 0 Å². The molecule has 19 heavy (non-hydrogen) atoms. The summed E-state index contributed by atoms with van der Waals surface area (Å²) in [5.41, 5.74) is 0.724. The third kappa shape index (κ3) is 5.68. The highest BCUT2D eigenvalue weighted by atomic mass is 16.1. The highest BCUT2D eigenvalue weighted by Gasteiger charge is 2.16. The van der Waals surface area contributed by atoms with E-state index in [0.717, 1.165) is 5.56 Å². The van der Waals surface area contributed by atoms with Crippen LogP contribution in [0.4, 0.5) is 0 Å². The van der Waals surface area contributed by atoms with Gasteiger partial charge in [-0.15, -0.1) is 0 Å². The molecule has 1 rings (SSSR count). The van der Waals surface area contributed by atoms with Crippen molar-refractivity contribution in [1.82, 2.24) is 15.6 Å². The molecule has 1 amide bonds. The molecule has 0 radical (unpaired) electrons. The van der Waals surface area contributed by atoms with Crippen LogP contribution in [0.1, 0.15) is 26.3 Å². The second kappa shape index (κ2) is 6.55. The number of rotatable bonds is 4. The van der Waals surface area contributed by atoms with E-state index in [1.165, 1.54) is 6.20 Å². The molecular formula is C14H18N4O. The number of pyridine rings is 1. The molecule has 0 saturated carbocycles. The quantitative estimate of drug-likeness (QED) is 0.633. The van der Waals surface area contributed by atoms with Gasteiger partial charge in [0.1, 0.15) is 11.6 Å². The SMILES string of the molecule is CC(C)(C)NC(=O)/C(C#N)=C\NCc1ccncc1. The summed E-state index contributed by atoms with van der Waals surface area (Å²) in [6, 6.07) is 5.61. The summed E-state index contributed by atoms with van der Waals surface area (Å²) >= 11 is 0. The fourth-order valence-electron chi connectivity index (χ4n) is 1.33. The van der Waals surface area contributed by atoms with Crippen LogP contribution in [0.15, 0.2) is 36.3 Å². The number of aromatic nitrogens is 1. The molecule has 0 aliphatic carbocycles. The number of amides is 1. The Labute approximate surface area is 113 Å². The second-order valence-corrected chi connectivity index (χ2v) is 5.11. The van der Waals surface area contributed by atoms with Gasteiger partial charge in [0.15, 0.2) is 0 Å². The molecule has 100 valence electrons. The molecule has 1 aromatic heterocycles. The number of carbonyl (C=O) groups excluding carboxylic acids is 1. The van der Waals surface area contributed by atoms with Crippen molar-refractivity contribution in [3.8, 4) is 6.07 Å². The summed E-state index contributed by atoms with van der Waals surface area (Å²) < 4.78 is 0. The van der Waals surface area contributed by atoms with Crippen LogP contribution < -0.4 is 10.6 Å². The zero-order valence-corrected chi connectivity index (χ0v) is 11.4. The number of nitrogens with zero attached hydrogens (tertiary/aromatic N) is 2. The van der Waals surface area contributed by atoms with Crippen LogP contribution in [-0.4, -0.2) is 16.4 Å². The molecule has 0 atom stereocenters. The molecule has 1 aromatic rings. The maximum Gasteiger partial charge on any atom is 0.263 e. The Morgan fingerprint density at radius 2 is 2.05 bits per heavy atom. The minimum Gasteiger partial charge on any atom is -0.386 e. The average Bonchev–Trinajstić information content (AvgIpc) is 2.33. The maximum absolute atomic E-state index is 11.8. The summed E-state index contributed by atoms with van der Waals surface area (Å²) in [6.07, 6.45) is 4.82. The molecule has 0 saturated heterocycles. The van der Waals surface area contributed by atoms with Gasteiger partial charge in [-0.3, -0.25) is 9.78 Å². The Hall–Kier alpha value is -2.35. The van der Waals surface area contributed by atoms with Crippen LogP contribution in [0.5, 0.6) is 0 Å². The van der Waals surface area contributed by atoms with Crippen molar-refractivity contribution in [2.24, 2.45) is 0 Å². The van der Waals surface area contributed by atoms with E-state index >= 15 is 0 Å². The van der Waals surface area contributed by atoms with Crippen molar-refractivity contribution in [2.75, 3.05) is 0 Å². The fraction of sp³-hybridized carbons (Fsp3) is 0.357. The lowest BCUT2D eigenvalue weighted by molar-refractivity contribution is -0.118. The predicted molar refractivity (Wildman–Crippen MR) is 72.7 cm³/mol. The van der Waals surface area contributed by atoms with Gasteiger partial charge in [0.05, 0.1) is 0 Å². The molecule has 2 N–H and O–H groups in total. The molecule has 5 heteroatoms. The van der Waals surface area contributed by atoms with Crippen molar-refractivity contribution in [1.29, 1.82) is 5.26 Å². The third-order valence-electron chi connectivity index (χ3n) is 2.16. The maximum atomic E-state index is 11.8.